The second-order valence-electron chi connectivity index (χ2n) is 6.29. The summed E-state index contributed by atoms with van der Waals surface area (Å²) < 4.78 is 7.56. The molecule has 1 N–H and O–H groups in total. The number of nitrogens with zero attached hydrogens (tertiary/aromatic N) is 2. The van der Waals surface area contributed by atoms with E-state index in [1.807, 2.05) is 24.6 Å². The topological polar surface area (TPSA) is 47.3 Å². The lowest BCUT2D eigenvalue weighted by Gasteiger charge is -2.18. The van der Waals surface area contributed by atoms with Crippen molar-refractivity contribution >= 4 is 8.07 Å². The van der Waals surface area contributed by atoms with E-state index in [-0.39, 0.29) is 5.92 Å². The molecule has 1 aromatic rings. The summed E-state index contributed by atoms with van der Waals surface area (Å²) in [5.74, 6) is 0.853. The largest absolute Gasteiger partial charge is 0.385 e. The minimum absolute atomic E-state index is 0.160. The van der Waals surface area contributed by atoms with E-state index in [2.05, 4.69) is 24.6 Å². The SMILES string of the molecule is CC(C)C(O)c1nccn1COCC[Si](C)(C)C. The number of aliphatic hydroxyl groups is 1. The maximum Gasteiger partial charge on any atom is 0.139 e. The van der Waals surface area contributed by atoms with E-state index < -0.39 is 14.2 Å². The molecule has 0 aliphatic rings. The molecule has 18 heavy (non-hydrogen) atoms. The first-order valence-electron chi connectivity index (χ1n) is 6.58. The van der Waals surface area contributed by atoms with E-state index in [9.17, 15) is 5.11 Å². The number of aromatic nitrogens is 2. The predicted molar refractivity (Wildman–Crippen MR) is 76.1 cm³/mol. The summed E-state index contributed by atoms with van der Waals surface area (Å²) in [6.07, 6.45) is 3.04. The van der Waals surface area contributed by atoms with Crippen molar-refractivity contribution < 1.29 is 9.84 Å². The third-order valence-corrected chi connectivity index (χ3v) is 4.57. The Bertz CT molecular complexity index is 358. The van der Waals surface area contributed by atoms with Gasteiger partial charge in [-0.3, -0.25) is 0 Å². The highest BCUT2D eigenvalue weighted by Gasteiger charge is 2.17. The Balaban J connectivity index is 2.46. The second-order valence-corrected chi connectivity index (χ2v) is 11.9. The Morgan fingerprint density at radius 3 is 2.61 bits per heavy atom. The molecule has 0 spiro atoms. The first-order chi connectivity index (χ1) is 8.31. The van der Waals surface area contributed by atoms with Gasteiger partial charge in [0.25, 0.3) is 0 Å². The van der Waals surface area contributed by atoms with Crippen molar-refractivity contribution in [2.75, 3.05) is 6.61 Å². The highest BCUT2D eigenvalue weighted by molar-refractivity contribution is 6.76. The number of hydrogen-bond donors (Lipinski definition) is 1. The van der Waals surface area contributed by atoms with Crippen LogP contribution >= 0.6 is 0 Å². The first kappa shape index (κ1) is 15.4. The monoisotopic (exact) mass is 270 g/mol. The van der Waals surface area contributed by atoms with Gasteiger partial charge in [-0.2, -0.15) is 0 Å². The highest BCUT2D eigenvalue weighted by Crippen LogP contribution is 2.19. The van der Waals surface area contributed by atoms with Gasteiger partial charge in [0.1, 0.15) is 18.7 Å². The molecule has 0 bridgehead atoms. The quantitative estimate of drug-likeness (QED) is 0.612. The molecule has 0 aliphatic carbocycles. The van der Waals surface area contributed by atoms with Crippen LogP contribution in [0.4, 0.5) is 0 Å². The Hall–Kier alpha value is -0.653. The van der Waals surface area contributed by atoms with Gasteiger partial charge in [-0.05, 0) is 12.0 Å². The highest BCUT2D eigenvalue weighted by atomic mass is 28.3. The average molecular weight is 270 g/mol. The molecule has 1 heterocycles. The molecule has 0 saturated carbocycles. The number of imidazole rings is 1. The molecule has 5 heteroatoms. The fourth-order valence-corrected chi connectivity index (χ4v) is 2.29. The maximum absolute atomic E-state index is 10.0. The van der Waals surface area contributed by atoms with Crippen molar-refractivity contribution in [2.45, 2.75) is 52.4 Å². The molecule has 0 amide bonds. The summed E-state index contributed by atoms with van der Waals surface area (Å²) in [6, 6.07) is 1.16. The standard InChI is InChI=1S/C13H26N2O2Si/c1-11(2)12(16)13-14-6-7-15(13)10-17-8-9-18(3,4)5/h6-7,11-12,16H,8-10H2,1-5H3. The molecule has 1 atom stereocenters. The lowest BCUT2D eigenvalue weighted by atomic mass is 10.1. The molecular weight excluding hydrogens is 244 g/mol. The predicted octanol–water partition coefficient (Wildman–Crippen LogP) is 2.88. The lowest BCUT2D eigenvalue weighted by molar-refractivity contribution is 0.0657. The fraction of sp³-hybridized carbons (Fsp3) is 0.769. The van der Waals surface area contributed by atoms with Crippen LogP contribution in [0.2, 0.25) is 25.7 Å². The van der Waals surface area contributed by atoms with E-state index in [4.69, 9.17) is 4.74 Å². The maximum atomic E-state index is 10.0. The Morgan fingerprint density at radius 1 is 1.39 bits per heavy atom. The van der Waals surface area contributed by atoms with Gasteiger partial charge < -0.3 is 14.4 Å². The molecule has 1 unspecified atom stereocenters. The number of rotatable bonds is 7. The molecule has 1 aromatic heterocycles. The molecule has 4 nitrogen and oxygen atoms in total. The minimum Gasteiger partial charge on any atom is -0.385 e. The van der Waals surface area contributed by atoms with E-state index in [1.165, 1.54) is 0 Å². The Morgan fingerprint density at radius 2 is 2.06 bits per heavy atom. The summed E-state index contributed by atoms with van der Waals surface area (Å²) in [4.78, 5) is 4.21. The van der Waals surface area contributed by atoms with Crippen LogP contribution in [0.3, 0.4) is 0 Å². The summed E-state index contributed by atoms with van der Waals surface area (Å²) >= 11 is 0. The molecule has 0 fully saturated rings. The fourth-order valence-electron chi connectivity index (χ4n) is 1.54. The van der Waals surface area contributed by atoms with E-state index in [0.29, 0.717) is 12.6 Å². The van der Waals surface area contributed by atoms with Crippen molar-refractivity contribution in [1.82, 2.24) is 9.55 Å². The van der Waals surface area contributed by atoms with Crippen molar-refractivity contribution in [1.29, 1.82) is 0 Å². The van der Waals surface area contributed by atoms with Gasteiger partial charge in [-0.15, -0.1) is 0 Å². The van der Waals surface area contributed by atoms with E-state index >= 15 is 0 Å². The van der Waals surface area contributed by atoms with Crippen molar-refractivity contribution in [3.8, 4) is 0 Å². The number of ether oxygens (including phenoxy) is 1. The number of aliphatic hydroxyl groups excluding tert-OH is 1. The molecule has 104 valence electrons. The zero-order chi connectivity index (χ0) is 13.8. The second kappa shape index (κ2) is 6.50. The third-order valence-electron chi connectivity index (χ3n) is 2.87. The minimum atomic E-state index is -1.03. The van der Waals surface area contributed by atoms with Gasteiger partial charge in [-0.25, -0.2) is 4.98 Å². The smallest absolute Gasteiger partial charge is 0.139 e. The van der Waals surface area contributed by atoms with Crippen LogP contribution in [-0.4, -0.2) is 29.3 Å². The summed E-state index contributed by atoms with van der Waals surface area (Å²) in [5, 5.41) is 10.0. The zero-order valence-electron chi connectivity index (χ0n) is 12.2. The molecule has 0 radical (unpaired) electrons. The van der Waals surface area contributed by atoms with Crippen LogP contribution in [0, 0.1) is 5.92 Å². The average Bonchev–Trinajstić information content (AvgIpc) is 2.70. The first-order valence-corrected chi connectivity index (χ1v) is 10.3. The van der Waals surface area contributed by atoms with E-state index in [1.54, 1.807) is 6.20 Å². The van der Waals surface area contributed by atoms with Gasteiger partial charge >= 0.3 is 0 Å². The van der Waals surface area contributed by atoms with Crippen LogP contribution in [0.25, 0.3) is 0 Å². The van der Waals surface area contributed by atoms with Crippen LogP contribution in [0.15, 0.2) is 12.4 Å². The van der Waals surface area contributed by atoms with Gasteiger partial charge in [0, 0.05) is 27.1 Å². The molecular formula is C13H26N2O2Si. The zero-order valence-corrected chi connectivity index (χ0v) is 13.2. The van der Waals surface area contributed by atoms with E-state index in [0.717, 1.165) is 12.7 Å². The van der Waals surface area contributed by atoms with Gasteiger partial charge in [0.15, 0.2) is 0 Å². The van der Waals surface area contributed by atoms with Crippen LogP contribution in [0.1, 0.15) is 25.8 Å². The van der Waals surface area contributed by atoms with Crippen LogP contribution in [0.5, 0.6) is 0 Å². The van der Waals surface area contributed by atoms with Crippen LogP contribution < -0.4 is 0 Å². The lowest BCUT2D eigenvalue weighted by Crippen LogP contribution is -2.22. The summed E-state index contributed by atoms with van der Waals surface area (Å²) in [7, 11) is -1.03. The normalized spacial score (nSPS) is 14.2. The van der Waals surface area contributed by atoms with Crippen molar-refractivity contribution in [3.05, 3.63) is 18.2 Å². The Kier molecular flexibility index (Phi) is 5.56. The molecule has 0 saturated heterocycles. The van der Waals surface area contributed by atoms with Crippen molar-refractivity contribution in [3.63, 3.8) is 0 Å². The van der Waals surface area contributed by atoms with Gasteiger partial charge in [0.2, 0.25) is 0 Å². The summed E-state index contributed by atoms with van der Waals surface area (Å²) in [6.45, 7) is 12.2. The summed E-state index contributed by atoms with van der Waals surface area (Å²) in [5.41, 5.74) is 0. The Labute approximate surface area is 111 Å². The third kappa shape index (κ3) is 4.92. The molecule has 1 rings (SSSR count). The number of hydrogen-bond acceptors (Lipinski definition) is 3. The molecule has 0 aliphatic heterocycles. The van der Waals surface area contributed by atoms with Crippen LogP contribution in [-0.2, 0) is 11.5 Å². The molecule has 0 aromatic carbocycles. The van der Waals surface area contributed by atoms with Gasteiger partial charge in [-0.1, -0.05) is 33.5 Å². The van der Waals surface area contributed by atoms with Crippen molar-refractivity contribution in [2.24, 2.45) is 5.92 Å². The van der Waals surface area contributed by atoms with Gasteiger partial charge in [0.05, 0.1) is 0 Å².